The first-order chi connectivity index (χ1) is 8.04. The predicted octanol–water partition coefficient (Wildman–Crippen LogP) is 2.04. The molecule has 3 nitrogen and oxygen atoms in total. The molecule has 0 aliphatic heterocycles. The molecule has 1 aromatic rings. The average molecular weight is 246 g/mol. The summed E-state index contributed by atoms with van der Waals surface area (Å²) in [6.45, 7) is 2.52. The molecule has 17 heavy (non-hydrogen) atoms. The Bertz CT molecular complexity index is 410. The highest BCUT2D eigenvalue weighted by Crippen LogP contribution is 2.18. The third kappa shape index (κ3) is 4.07. The van der Waals surface area contributed by atoms with Crippen molar-refractivity contribution in [3.8, 4) is 0 Å². The molecule has 0 saturated heterocycles. The minimum absolute atomic E-state index is 0.0363. The van der Waals surface area contributed by atoms with Crippen LogP contribution < -0.4 is 10.6 Å². The van der Waals surface area contributed by atoms with E-state index in [1.165, 1.54) is 0 Å². The standard InChI is InChI=1S/C11H13F3N2O/c1-2-3-15-6-10(17)16-9-5-7(12)4-8(13)11(9)14/h4-5,15H,2-3,6H2,1H3,(H,16,17). The zero-order valence-electron chi connectivity index (χ0n) is 9.32. The van der Waals surface area contributed by atoms with Crippen LogP contribution in [0.4, 0.5) is 18.9 Å². The average Bonchev–Trinajstić information content (AvgIpc) is 2.25. The van der Waals surface area contributed by atoms with E-state index in [0.717, 1.165) is 12.5 Å². The summed E-state index contributed by atoms with van der Waals surface area (Å²) in [4.78, 5) is 11.3. The molecule has 1 rings (SSSR count). The minimum Gasteiger partial charge on any atom is -0.322 e. The van der Waals surface area contributed by atoms with Crippen molar-refractivity contribution in [3.05, 3.63) is 29.6 Å². The summed E-state index contributed by atoms with van der Waals surface area (Å²) in [5.74, 6) is -4.10. The number of halogens is 3. The van der Waals surface area contributed by atoms with Gasteiger partial charge in [0.25, 0.3) is 0 Å². The Balaban J connectivity index is 2.65. The van der Waals surface area contributed by atoms with Crippen LogP contribution >= 0.6 is 0 Å². The topological polar surface area (TPSA) is 41.1 Å². The molecule has 0 bridgehead atoms. The summed E-state index contributed by atoms with van der Waals surface area (Å²) in [5, 5.41) is 4.88. The van der Waals surface area contributed by atoms with Crippen LogP contribution in [0.25, 0.3) is 0 Å². The monoisotopic (exact) mass is 246 g/mol. The van der Waals surface area contributed by atoms with Crippen molar-refractivity contribution in [2.75, 3.05) is 18.4 Å². The van der Waals surface area contributed by atoms with Gasteiger partial charge in [-0.3, -0.25) is 4.79 Å². The SMILES string of the molecule is CCCNCC(=O)Nc1cc(F)cc(F)c1F. The molecule has 1 aromatic carbocycles. The van der Waals surface area contributed by atoms with Gasteiger partial charge in [0.1, 0.15) is 5.82 Å². The van der Waals surface area contributed by atoms with Gasteiger partial charge < -0.3 is 10.6 Å². The van der Waals surface area contributed by atoms with Gasteiger partial charge in [0, 0.05) is 12.1 Å². The summed E-state index contributed by atoms with van der Waals surface area (Å²) in [6, 6.07) is 1.15. The lowest BCUT2D eigenvalue weighted by Gasteiger charge is -2.07. The first-order valence-electron chi connectivity index (χ1n) is 5.19. The number of carbonyl (C=O) groups is 1. The summed E-state index contributed by atoms with van der Waals surface area (Å²) in [5.41, 5.74) is -0.495. The van der Waals surface area contributed by atoms with E-state index in [9.17, 15) is 18.0 Å². The van der Waals surface area contributed by atoms with Gasteiger partial charge >= 0.3 is 0 Å². The van der Waals surface area contributed by atoms with E-state index in [1.807, 2.05) is 6.92 Å². The first-order valence-corrected chi connectivity index (χ1v) is 5.19. The second kappa shape index (κ2) is 6.24. The molecule has 1 amide bonds. The third-order valence-electron chi connectivity index (χ3n) is 1.98. The van der Waals surface area contributed by atoms with Gasteiger partial charge in [0.2, 0.25) is 5.91 Å². The van der Waals surface area contributed by atoms with E-state index >= 15 is 0 Å². The Hall–Kier alpha value is -1.56. The maximum atomic E-state index is 13.2. The molecule has 0 saturated carbocycles. The number of nitrogens with one attached hydrogen (secondary N) is 2. The highest BCUT2D eigenvalue weighted by atomic mass is 19.2. The predicted molar refractivity (Wildman–Crippen MR) is 58.1 cm³/mol. The quantitative estimate of drug-likeness (QED) is 0.616. The normalized spacial score (nSPS) is 10.4. The number of hydrogen-bond donors (Lipinski definition) is 2. The molecule has 0 heterocycles. The van der Waals surface area contributed by atoms with E-state index in [-0.39, 0.29) is 6.54 Å². The molecule has 0 aromatic heterocycles. The highest BCUT2D eigenvalue weighted by molar-refractivity contribution is 5.92. The second-order valence-electron chi connectivity index (χ2n) is 3.47. The molecular formula is C11H13F3N2O. The van der Waals surface area contributed by atoms with Crippen LogP contribution in [0.1, 0.15) is 13.3 Å². The zero-order valence-corrected chi connectivity index (χ0v) is 9.32. The van der Waals surface area contributed by atoms with Crippen LogP contribution in [0.3, 0.4) is 0 Å². The van der Waals surface area contributed by atoms with Crippen LogP contribution in [0.2, 0.25) is 0 Å². The smallest absolute Gasteiger partial charge is 0.238 e. The summed E-state index contributed by atoms with van der Waals surface area (Å²) < 4.78 is 38.8. The molecule has 6 heteroatoms. The number of anilines is 1. The van der Waals surface area contributed by atoms with E-state index in [4.69, 9.17) is 0 Å². The van der Waals surface area contributed by atoms with E-state index in [2.05, 4.69) is 10.6 Å². The summed E-state index contributed by atoms with van der Waals surface area (Å²) in [6.07, 6.45) is 0.843. The third-order valence-corrected chi connectivity index (χ3v) is 1.98. The molecule has 0 aliphatic rings. The highest BCUT2D eigenvalue weighted by Gasteiger charge is 2.13. The zero-order chi connectivity index (χ0) is 12.8. The van der Waals surface area contributed by atoms with Gasteiger partial charge in [-0.05, 0) is 13.0 Å². The van der Waals surface area contributed by atoms with Crippen molar-refractivity contribution in [1.29, 1.82) is 0 Å². The Morgan fingerprint density at radius 2 is 2.00 bits per heavy atom. The van der Waals surface area contributed by atoms with Crippen LogP contribution in [-0.2, 0) is 4.79 Å². The van der Waals surface area contributed by atoms with Gasteiger partial charge in [0.15, 0.2) is 11.6 Å². The van der Waals surface area contributed by atoms with Crippen LogP contribution in [0.15, 0.2) is 12.1 Å². The van der Waals surface area contributed by atoms with Crippen LogP contribution in [0.5, 0.6) is 0 Å². The van der Waals surface area contributed by atoms with Gasteiger partial charge in [-0.15, -0.1) is 0 Å². The molecule has 0 spiro atoms. The molecule has 0 unspecified atom stereocenters. The number of carbonyl (C=O) groups excluding carboxylic acids is 1. The molecular weight excluding hydrogens is 233 g/mol. The maximum absolute atomic E-state index is 13.2. The van der Waals surface area contributed by atoms with Crippen molar-refractivity contribution in [2.24, 2.45) is 0 Å². The van der Waals surface area contributed by atoms with Crippen molar-refractivity contribution in [2.45, 2.75) is 13.3 Å². The molecule has 0 radical (unpaired) electrons. The largest absolute Gasteiger partial charge is 0.322 e. The van der Waals surface area contributed by atoms with Crippen molar-refractivity contribution in [1.82, 2.24) is 5.32 Å². The van der Waals surface area contributed by atoms with Crippen molar-refractivity contribution in [3.63, 3.8) is 0 Å². The molecule has 2 N–H and O–H groups in total. The first kappa shape index (κ1) is 13.5. The number of benzene rings is 1. The second-order valence-corrected chi connectivity index (χ2v) is 3.47. The Morgan fingerprint density at radius 1 is 1.29 bits per heavy atom. The number of amides is 1. The lowest BCUT2D eigenvalue weighted by molar-refractivity contribution is -0.115. The minimum atomic E-state index is -1.33. The van der Waals surface area contributed by atoms with E-state index < -0.39 is 29.0 Å². The van der Waals surface area contributed by atoms with Gasteiger partial charge in [-0.25, -0.2) is 13.2 Å². The fourth-order valence-electron chi connectivity index (χ4n) is 1.22. The van der Waals surface area contributed by atoms with Crippen LogP contribution in [0, 0.1) is 17.5 Å². The Labute approximate surface area is 97.0 Å². The molecule has 94 valence electrons. The summed E-state index contributed by atoms with van der Waals surface area (Å²) >= 11 is 0. The Kier molecular flexibility index (Phi) is 4.96. The lowest BCUT2D eigenvalue weighted by Crippen LogP contribution is -2.28. The summed E-state index contributed by atoms with van der Waals surface area (Å²) in [7, 11) is 0. The van der Waals surface area contributed by atoms with Crippen LogP contribution in [-0.4, -0.2) is 19.0 Å². The van der Waals surface area contributed by atoms with Crippen molar-refractivity contribution < 1.29 is 18.0 Å². The number of rotatable bonds is 5. The maximum Gasteiger partial charge on any atom is 0.238 e. The fourth-order valence-corrected chi connectivity index (χ4v) is 1.22. The van der Waals surface area contributed by atoms with Gasteiger partial charge in [-0.1, -0.05) is 6.92 Å². The van der Waals surface area contributed by atoms with Gasteiger partial charge in [-0.2, -0.15) is 0 Å². The number of hydrogen-bond acceptors (Lipinski definition) is 2. The lowest BCUT2D eigenvalue weighted by atomic mass is 10.2. The molecule has 0 atom stereocenters. The molecule has 0 aliphatic carbocycles. The van der Waals surface area contributed by atoms with Gasteiger partial charge in [0.05, 0.1) is 12.2 Å². The fraction of sp³-hybridized carbons (Fsp3) is 0.364. The molecule has 0 fully saturated rings. The van der Waals surface area contributed by atoms with Crippen molar-refractivity contribution >= 4 is 11.6 Å². The van der Waals surface area contributed by atoms with E-state index in [0.29, 0.717) is 12.6 Å². The Morgan fingerprint density at radius 3 is 2.65 bits per heavy atom. The van der Waals surface area contributed by atoms with E-state index in [1.54, 1.807) is 0 Å².